The van der Waals surface area contributed by atoms with E-state index in [1.54, 1.807) is 30.0 Å². The standard InChI is InChI=1S/C16H14ClFN4S/c17-12-3-1-2-4-14(12)20-16(19)22-21-13-7-8-23-15-6-5-10(18)9-11(13)15/h1-6,9H,7-8H2,(H3,19,20,22)/b21-13+. The number of aliphatic imine (C=N–C) groups is 1. The fourth-order valence-electron chi connectivity index (χ4n) is 2.18. The number of thioether (sulfide) groups is 1. The van der Waals surface area contributed by atoms with Gasteiger partial charge in [-0.15, -0.1) is 11.8 Å². The van der Waals surface area contributed by atoms with Gasteiger partial charge < -0.3 is 5.73 Å². The third-order valence-corrected chi connectivity index (χ3v) is 4.64. The van der Waals surface area contributed by atoms with Crippen molar-refractivity contribution in [3.05, 3.63) is 58.9 Å². The Bertz CT molecular complexity index is 791. The molecular weight excluding hydrogens is 335 g/mol. The van der Waals surface area contributed by atoms with E-state index >= 15 is 0 Å². The summed E-state index contributed by atoms with van der Waals surface area (Å²) in [5.41, 5.74) is 10.7. The van der Waals surface area contributed by atoms with Crippen molar-refractivity contribution in [2.24, 2.45) is 15.8 Å². The molecule has 2 aromatic carbocycles. The largest absolute Gasteiger partial charge is 0.368 e. The Kier molecular flexibility index (Phi) is 4.83. The van der Waals surface area contributed by atoms with Crippen LogP contribution in [0.25, 0.3) is 0 Å². The van der Waals surface area contributed by atoms with Crippen molar-refractivity contribution in [3.8, 4) is 0 Å². The summed E-state index contributed by atoms with van der Waals surface area (Å²) in [5, 5.41) is 4.79. The van der Waals surface area contributed by atoms with E-state index in [4.69, 9.17) is 17.3 Å². The SMILES string of the molecule is NC(=Nc1ccccc1Cl)N/N=C1\CCSc2ccc(F)cc21. The molecule has 0 unspecified atom stereocenters. The van der Waals surface area contributed by atoms with Crippen LogP contribution in [0.3, 0.4) is 0 Å². The minimum absolute atomic E-state index is 0.127. The topological polar surface area (TPSA) is 62.8 Å². The van der Waals surface area contributed by atoms with Gasteiger partial charge in [-0.3, -0.25) is 0 Å². The van der Waals surface area contributed by atoms with E-state index in [1.165, 1.54) is 12.1 Å². The maximum Gasteiger partial charge on any atom is 0.214 e. The highest BCUT2D eigenvalue weighted by Gasteiger charge is 2.17. The van der Waals surface area contributed by atoms with E-state index in [0.717, 1.165) is 28.3 Å². The van der Waals surface area contributed by atoms with Gasteiger partial charge in [0.05, 0.1) is 16.4 Å². The van der Waals surface area contributed by atoms with E-state index in [-0.39, 0.29) is 11.8 Å². The number of hydrogen-bond acceptors (Lipinski definition) is 3. The monoisotopic (exact) mass is 348 g/mol. The van der Waals surface area contributed by atoms with Crippen molar-refractivity contribution in [1.82, 2.24) is 5.43 Å². The molecule has 0 saturated heterocycles. The van der Waals surface area contributed by atoms with Gasteiger partial charge in [0.1, 0.15) is 5.82 Å². The number of nitrogens with two attached hydrogens (primary N) is 1. The highest BCUT2D eigenvalue weighted by Crippen LogP contribution is 2.30. The maximum absolute atomic E-state index is 13.5. The lowest BCUT2D eigenvalue weighted by Crippen LogP contribution is -2.28. The highest BCUT2D eigenvalue weighted by atomic mass is 35.5. The van der Waals surface area contributed by atoms with Crippen molar-refractivity contribution in [2.75, 3.05) is 5.75 Å². The summed E-state index contributed by atoms with van der Waals surface area (Å²) in [6, 6.07) is 11.8. The van der Waals surface area contributed by atoms with Gasteiger partial charge in [-0.2, -0.15) is 5.10 Å². The van der Waals surface area contributed by atoms with Gasteiger partial charge in [-0.25, -0.2) is 14.8 Å². The van der Waals surface area contributed by atoms with Gasteiger partial charge >= 0.3 is 0 Å². The summed E-state index contributed by atoms with van der Waals surface area (Å²) in [5.74, 6) is 0.735. The number of nitrogens with one attached hydrogen (secondary N) is 1. The lowest BCUT2D eigenvalue weighted by molar-refractivity contribution is 0.626. The number of guanidine groups is 1. The van der Waals surface area contributed by atoms with Crippen LogP contribution >= 0.6 is 23.4 Å². The molecule has 0 fully saturated rings. The Hall–Kier alpha value is -2.05. The van der Waals surface area contributed by atoms with Gasteiger partial charge in [0, 0.05) is 22.6 Å². The Morgan fingerprint density at radius 1 is 1.26 bits per heavy atom. The van der Waals surface area contributed by atoms with Crippen LogP contribution in [0.15, 0.2) is 57.5 Å². The Labute approximate surface area is 142 Å². The minimum Gasteiger partial charge on any atom is -0.368 e. The summed E-state index contributed by atoms with van der Waals surface area (Å²) >= 11 is 7.72. The third kappa shape index (κ3) is 3.83. The molecule has 0 atom stereocenters. The average Bonchev–Trinajstić information content (AvgIpc) is 2.55. The predicted molar refractivity (Wildman–Crippen MR) is 94.1 cm³/mol. The van der Waals surface area contributed by atoms with Crippen molar-refractivity contribution in [1.29, 1.82) is 0 Å². The van der Waals surface area contributed by atoms with Crippen LogP contribution in [-0.4, -0.2) is 17.4 Å². The average molecular weight is 349 g/mol. The molecule has 0 spiro atoms. The van der Waals surface area contributed by atoms with Gasteiger partial charge in [-0.1, -0.05) is 23.7 Å². The first-order valence-electron chi connectivity index (χ1n) is 6.97. The summed E-state index contributed by atoms with van der Waals surface area (Å²) < 4.78 is 13.5. The molecule has 7 heteroatoms. The van der Waals surface area contributed by atoms with Gasteiger partial charge in [0.25, 0.3) is 0 Å². The first-order chi connectivity index (χ1) is 11.1. The molecular formula is C16H14ClFN4S. The number of halogens is 2. The van der Waals surface area contributed by atoms with Crippen LogP contribution in [0.1, 0.15) is 12.0 Å². The number of hydrazone groups is 1. The zero-order chi connectivity index (χ0) is 16.2. The molecule has 1 aliphatic heterocycles. The van der Waals surface area contributed by atoms with Crippen LogP contribution in [0, 0.1) is 5.82 Å². The zero-order valence-electron chi connectivity index (χ0n) is 12.1. The summed E-state index contributed by atoms with van der Waals surface area (Å²) in [6.45, 7) is 0. The second-order valence-corrected chi connectivity index (χ2v) is 6.40. The van der Waals surface area contributed by atoms with Gasteiger partial charge in [-0.05, 0) is 30.3 Å². The van der Waals surface area contributed by atoms with E-state index < -0.39 is 0 Å². The first-order valence-corrected chi connectivity index (χ1v) is 8.34. The van der Waals surface area contributed by atoms with E-state index in [9.17, 15) is 4.39 Å². The normalized spacial score (nSPS) is 16.3. The number of rotatable bonds is 2. The predicted octanol–water partition coefficient (Wildman–Crippen LogP) is 3.92. The molecule has 1 heterocycles. The van der Waals surface area contributed by atoms with Gasteiger partial charge in [0.15, 0.2) is 0 Å². The van der Waals surface area contributed by atoms with E-state index in [0.29, 0.717) is 10.7 Å². The van der Waals surface area contributed by atoms with Crippen LogP contribution in [0.5, 0.6) is 0 Å². The molecule has 4 nitrogen and oxygen atoms in total. The van der Waals surface area contributed by atoms with Crippen LogP contribution in [0.2, 0.25) is 5.02 Å². The number of para-hydroxylation sites is 1. The lowest BCUT2D eigenvalue weighted by atomic mass is 10.1. The highest BCUT2D eigenvalue weighted by molar-refractivity contribution is 7.99. The third-order valence-electron chi connectivity index (χ3n) is 3.25. The van der Waals surface area contributed by atoms with E-state index in [1.807, 2.05) is 12.1 Å². The molecule has 3 rings (SSSR count). The molecule has 0 radical (unpaired) electrons. The molecule has 3 N–H and O–H groups in total. The Morgan fingerprint density at radius 2 is 2.09 bits per heavy atom. The molecule has 0 aliphatic carbocycles. The molecule has 0 aromatic heterocycles. The summed E-state index contributed by atoms with van der Waals surface area (Å²) in [7, 11) is 0. The molecule has 118 valence electrons. The van der Waals surface area contributed by atoms with Crippen molar-refractivity contribution >= 4 is 40.7 Å². The van der Waals surface area contributed by atoms with Crippen molar-refractivity contribution in [2.45, 2.75) is 11.3 Å². The first kappa shape index (κ1) is 15.8. The lowest BCUT2D eigenvalue weighted by Gasteiger charge is -2.17. The van der Waals surface area contributed by atoms with Crippen LogP contribution < -0.4 is 11.2 Å². The van der Waals surface area contributed by atoms with Crippen LogP contribution in [0.4, 0.5) is 10.1 Å². The number of fused-ring (bicyclic) bond motifs is 1. The molecule has 0 amide bonds. The molecule has 0 saturated carbocycles. The number of nitrogens with zero attached hydrogens (tertiary/aromatic N) is 2. The molecule has 23 heavy (non-hydrogen) atoms. The second kappa shape index (κ2) is 7.02. The second-order valence-electron chi connectivity index (χ2n) is 4.86. The molecule has 2 aromatic rings. The van der Waals surface area contributed by atoms with Crippen molar-refractivity contribution in [3.63, 3.8) is 0 Å². The number of benzene rings is 2. The summed E-state index contributed by atoms with van der Waals surface area (Å²) in [4.78, 5) is 5.20. The zero-order valence-corrected chi connectivity index (χ0v) is 13.7. The fraction of sp³-hybridized carbons (Fsp3) is 0.125. The van der Waals surface area contributed by atoms with Crippen molar-refractivity contribution < 1.29 is 4.39 Å². The smallest absolute Gasteiger partial charge is 0.214 e. The molecule has 0 bridgehead atoms. The molecule has 1 aliphatic rings. The minimum atomic E-state index is -0.281. The quantitative estimate of drug-likeness (QED) is 0.491. The van der Waals surface area contributed by atoms with Crippen LogP contribution in [-0.2, 0) is 0 Å². The Morgan fingerprint density at radius 3 is 2.91 bits per heavy atom. The Balaban J connectivity index is 1.81. The number of hydrogen-bond donors (Lipinski definition) is 2. The van der Waals surface area contributed by atoms with Gasteiger partial charge in [0.2, 0.25) is 5.96 Å². The summed E-state index contributed by atoms with van der Waals surface area (Å²) in [6.07, 6.45) is 0.730. The maximum atomic E-state index is 13.5. The van der Waals surface area contributed by atoms with E-state index in [2.05, 4.69) is 15.5 Å². The fourth-order valence-corrected chi connectivity index (χ4v) is 3.37.